The monoisotopic (exact) mass is 129 g/mol. The minimum atomic E-state index is -0.711. The molecule has 0 aromatic heterocycles. The van der Waals surface area contributed by atoms with E-state index in [4.69, 9.17) is 0 Å². The average Bonchev–Trinajstić information content (AvgIpc) is 1.35. The summed E-state index contributed by atoms with van der Waals surface area (Å²) >= 11 is 0. The third kappa shape index (κ3) is 10.9. The SMILES string of the molecule is CCOC(N)=O.[H-].[K+]. The van der Waals surface area contributed by atoms with Gasteiger partial charge in [-0.2, -0.15) is 0 Å². The largest absolute Gasteiger partial charge is 1.00 e. The molecule has 0 aliphatic carbocycles. The van der Waals surface area contributed by atoms with Crippen LogP contribution in [-0.4, -0.2) is 12.7 Å². The van der Waals surface area contributed by atoms with E-state index in [-0.39, 0.29) is 52.8 Å². The zero-order valence-electron chi connectivity index (χ0n) is 5.60. The Hall–Kier alpha value is 0.906. The Labute approximate surface area is 86.5 Å². The van der Waals surface area contributed by atoms with Gasteiger partial charge in [-0.1, -0.05) is 0 Å². The maximum atomic E-state index is 9.60. The number of nitrogens with two attached hydrogens (primary N) is 1. The van der Waals surface area contributed by atoms with Crippen molar-refractivity contribution in [1.82, 2.24) is 0 Å². The Balaban J connectivity index is -0.000000125. The molecule has 38 valence electrons. The van der Waals surface area contributed by atoms with Crippen molar-refractivity contribution in [2.24, 2.45) is 5.73 Å². The Morgan fingerprint density at radius 1 is 2.00 bits per heavy atom. The second kappa shape index (κ2) is 6.91. The molecule has 0 spiro atoms. The number of carbonyl (C=O) groups is 1. The third-order valence-corrected chi connectivity index (χ3v) is 0.287. The summed E-state index contributed by atoms with van der Waals surface area (Å²) in [6.07, 6.45) is -0.711. The first-order valence-corrected chi connectivity index (χ1v) is 1.69. The topological polar surface area (TPSA) is 52.3 Å². The molecule has 4 heteroatoms. The first kappa shape index (κ1) is 10.8. The van der Waals surface area contributed by atoms with Gasteiger partial charge in [0.1, 0.15) is 0 Å². The molecule has 0 fully saturated rings. The molecule has 3 nitrogen and oxygen atoms in total. The number of amides is 1. The summed E-state index contributed by atoms with van der Waals surface area (Å²) in [6, 6.07) is 0. The van der Waals surface area contributed by atoms with Gasteiger partial charge in [-0.25, -0.2) is 4.79 Å². The molecule has 0 aliphatic heterocycles. The molecule has 0 heterocycles. The Morgan fingerprint density at radius 3 is 2.43 bits per heavy atom. The van der Waals surface area contributed by atoms with Gasteiger partial charge < -0.3 is 11.9 Å². The molecule has 0 aliphatic rings. The maximum Gasteiger partial charge on any atom is 1.00 e. The second-order valence-corrected chi connectivity index (χ2v) is 0.752. The van der Waals surface area contributed by atoms with E-state index in [1.165, 1.54) is 0 Å². The summed E-state index contributed by atoms with van der Waals surface area (Å²) < 4.78 is 4.18. The van der Waals surface area contributed by atoms with Gasteiger partial charge in [-0.3, -0.25) is 0 Å². The van der Waals surface area contributed by atoms with E-state index in [1.54, 1.807) is 6.92 Å². The van der Waals surface area contributed by atoms with E-state index in [9.17, 15) is 4.79 Å². The summed E-state index contributed by atoms with van der Waals surface area (Å²) in [5, 5.41) is 0. The minimum absolute atomic E-state index is 0. The first-order valence-electron chi connectivity index (χ1n) is 1.69. The van der Waals surface area contributed by atoms with E-state index in [0.717, 1.165) is 0 Å². The second-order valence-electron chi connectivity index (χ2n) is 0.752. The van der Waals surface area contributed by atoms with Crippen LogP contribution < -0.4 is 57.1 Å². The van der Waals surface area contributed by atoms with Crippen molar-refractivity contribution < 1.29 is 62.3 Å². The molecule has 0 aromatic rings. The fourth-order valence-corrected chi connectivity index (χ4v) is 0.142. The van der Waals surface area contributed by atoms with Gasteiger partial charge in [-0.15, -0.1) is 0 Å². The molecule has 0 bridgehead atoms. The van der Waals surface area contributed by atoms with Crippen LogP contribution in [0.25, 0.3) is 0 Å². The van der Waals surface area contributed by atoms with E-state index < -0.39 is 6.09 Å². The molecular formula is C3H8KNO2. The van der Waals surface area contributed by atoms with Crippen LogP contribution in [0.3, 0.4) is 0 Å². The van der Waals surface area contributed by atoms with Crippen LogP contribution in [0.5, 0.6) is 0 Å². The fraction of sp³-hybridized carbons (Fsp3) is 0.667. The Kier molecular flexibility index (Phi) is 10.7. The van der Waals surface area contributed by atoms with Gasteiger partial charge in [0.25, 0.3) is 0 Å². The number of hydrogen-bond acceptors (Lipinski definition) is 2. The van der Waals surface area contributed by atoms with E-state index >= 15 is 0 Å². The zero-order chi connectivity index (χ0) is 4.99. The van der Waals surface area contributed by atoms with Gasteiger partial charge in [0, 0.05) is 0 Å². The number of carbonyl (C=O) groups excluding carboxylic acids is 1. The standard InChI is InChI=1S/C3H7NO2.K.H/c1-2-6-3(4)5;;/h2H2,1H3,(H2,4,5);;/q;+1;-1. The van der Waals surface area contributed by atoms with E-state index in [2.05, 4.69) is 10.5 Å². The van der Waals surface area contributed by atoms with Crippen molar-refractivity contribution >= 4 is 6.09 Å². The zero-order valence-corrected chi connectivity index (χ0v) is 7.72. The van der Waals surface area contributed by atoms with Gasteiger partial charge in [0.15, 0.2) is 0 Å². The van der Waals surface area contributed by atoms with Crippen molar-refractivity contribution in [1.29, 1.82) is 0 Å². The number of primary amides is 1. The van der Waals surface area contributed by atoms with Crippen molar-refractivity contribution in [2.75, 3.05) is 6.61 Å². The van der Waals surface area contributed by atoms with Crippen LogP contribution in [0.1, 0.15) is 8.35 Å². The first-order chi connectivity index (χ1) is 2.77. The molecule has 2 N–H and O–H groups in total. The fourth-order valence-electron chi connectivity index (χ4n) is 0.142. The number of rotatable bonds is 1. The van der Waals surface area contributed by atoms with E-state index in [0.29, 0.717) is 6.61 Å². The van der Waals surface area contributed by atoms with Crippen LogP contribution in [0.15, 0.2) is 0 Å². The molecule has 0 saturated carbocycles. The van der Waals surface area contributed by atoms with Crippen molar-refractivity contribution in [3.8, 4) is 0 Å². The summed E-state index contributed by atoms with van der Waals surface area (Å²) in [5.74, 6) is 0. The molecule has 0 rings (SSSR count). The summed E-state index contributed by atoms with van der Waals surface area (Å²) in [4.78, 5) is 9.60. The van der Waals surface area contributed by atoms with Gasteiger partial charge in [0.05, 0.1) is 6.61 Å². The van der Waals surface area contributed by atoms with Gasteiger partial charge in [-0.05, 0) is 6.92 Å². The van der Waals surface area contributed by atoms with Crippen LogP contribution in [0, 0.1) is 0 Å². The Morgan fingerprint density at radius 2 is 2.43 bits per heavy atom. The number of hydrogen-bond donors (Lipinski definition) is 1. The quantitative estimate of drug-likeness (QED) is 0.389. The van der Waals surface area contributed by atoms with Crippen LogP contribution in [-0.2, 0) is 4.74 Å². The van der Waals surface area contributed by atoms with Crippen LogP contribution >= 0.6 is 0 Å². The minimum Gasteiger partial charge on any atom is -1.00 e. The predicted molar refractivity (Wildman–Crippen MR) is 22.3 cm³/mol. The molecule has 0 aromatic carbocycles. The summed E-state index contributed by atoms with van der Waals surface area (Å²) in [5.41, 5.74) is 4.54. The third-order valence-electron chi connectivity index (χ3n) is 0.287. The van der Waals surface area contributed by atoms with Crippen molar-refractivity contribution in [3.63, 3.8) is 0 Å². The summed E-state index contributed by atoms with van der Waals surface area (Å²) in [7, 11) is 0. The summed E-state index contributed by atoms with van der Waals surface area (Å²) in [6.45, 7) is 2.06. The molecule has 7 heavy (non-hydrogen) atoms. The normalized spacial score (nSPS) is 6.43. The molecule has 0 radical (unpaired) electrons. The predicted octanol–water partition coefficient (Wildman–Crippen LogP) is -2.78. The smallest absolute Gasteiger partial charge is 1.00 e. The molecular weight excluding hydrogens is 121 g/mol. The van der Waals surface area contributed by atoms with Crippen molar-refractivity contribution in [3.05, 3.63) is 0 Å². The van der Waals surface area contributed by atoms with Gasteiger partial charge in [0.2, 0.25) is 0 Å². The molecule has 0 atom stereocenters. The van der Waals surface area contributed by atoms with Crippen molar-refractivity contribution in [2.45, 2.75) is 6.92 Å². The Bertz CT molecular complexity index is 61.2. The molecule has 0 unspecified atom stereocenters. The van der Waals surface area contributed by atoms with E-state index in [1.807, 2.05) is 0 Å². The molecule has 0 saturated heterocycles. The van der Waals surface area contributed by atoms with Crippen LogP contribution in [0.4, 0.5) is 4.79 Å². The maximum absolute atomic E-state index is 9.60. The van der Waals surface area contributed by atoms with Crippen LogP contribution in [0.2, 0.25) is 0 Å². The van der Waals surface area contributed by atoms with Gasteiger partial charge >= 0.3 is 57.5 Å². The average molecular weight is 129 g/mol. The number of ether oxygens (including phenoxy) is 1. The molecule has 1 amide bonds.